The van der Waals surface area contributed by atoms with E-state index in [0.29, 0.717) is 12.2 Å². The number of fused-ring (bicyclic) bond motifs is 2. The van der Waals surface area contributed by atoms with E-state index in [1.165, 1.54) is 12.1 Å². The third kappa shape index (κ3) is 3.50. The molecular weight excluding hydrogens is 343 g/mol. The lowest BCUT2D eigenvalue weighted by Gasteiger charge is -2.23. The molecule has 1 heterocycles. The first-order valence-corrected chi connectivity index (χ1v) is 8.68. The van der Waals surface area contributed by atoms with Crippen LogP contribution >= 0.6 is 0 Å². The molecule has 1 fully saturated rings. The van der Waals surface area contributed by atoms with Crippen LogP contribution in [0, 0.1) is 5.92 Å². The molecule has 0 saturated heterocycles. The Hall–Kier alpha value is -2.24. The first kappa shape index (κ1) is 18.5. The van der Waals surface area contributed by atoms with Gasteiger partial charge in [-0.2, -0.15) is 0 Å². The van der Waals surface area contributed by atoms with Crippen LogP contribution in [0.2, 0.25) is 0 Å². The Morgan fingerprint density at radius 3 is 2.62 bits per heavy atom. The molecule has 1 atom stereocenters. The molecule has 0 N–H and O–H groups in total. The number of ether oxygens (including phenoxy) is 1. The van der Waals surface area contributed by atoms with Gasteiger partial charge >= 0.3 is 6.36 Å². The number of anilines is 1. The third-order valence-electron chi connectivity index (χ3n) is 5.25. The molecule has 26 heavy (non-hydrogen) atoms. The highest BCUT2D eigenvalue weighted by molar-refractivity contribution is 5.99. The molecule has 1 aromatic carbocycles. The van der Waals surface area contributed by atoms with E-state index in [9.17, 15) is 18.0 Å². The Balaban J connectivity index is 1.91. The number of carbonyl (C=O) groups excluding carboxylic acids is 1. The molecule has 0 aromatic heterocycles. The Labute approximate surface area is 151 Å². The van der Waals surface area contributed by atoms with Crippen LogP contribution < -0.4 is 9.64 Å². The van der Waals surface area contributed by atoms with Crippen LogP contribution in [0.5, 0.6) is 5.75 Å². The van der Waals surface area contributed by atoms with E-state index >= 15 is 0 Å². The minimum Gasteiger partial charge on any atom is -0.406 e. The van der Waals surface area contributed by atoms with Crippen molar-refractivity contribution in [1.29, 1.82) is 0 Å². The quantitative estimate of drug-likeness (QED) is 0.693. The molecule has 0 radical (unpaired) electrons. The summed E-state index contributed by atoms with van der Waals surface area (Å²) >= 11 is 0. The smallest absolute Gasteiger partial charge is 0.406 e. The van der Waals surface area contributed by atoms with E-state index in [1.54, 1.807) is 11.0 Å². The Kier molecular flexibility index (Phi) is 4.63. The molecule has 140 valence electrons. The number of hydrogen-bond donors (Lipinski definition) is 0. The van der Waals surface area contributed by atoms with Gasteiger partial charge in [0.2, 0.25) is 5.91 Å². The summed E-state index contributed by atoms with van der Waals surface area (Å²) in [5.74, 6) is -0.738. The second-order valence-electron chi connectivity index (χ2n) is 7.09. The van der Waals surface area contributed by atoms with Crippen LogP contribution in [-0.4, -0.2) is 18.8 Å². The predicted octanol–water partition coefficient (Wildman–Crippen LogP) is 5.12. The Morgan fingerprint density at radius 2 is 2.04 bits per heavy atom. The molecule has 6 heteroatoms. The van der Waals surface area contributed by atoms with Gasteiger partial charge in [0.15, 0.2) is 0 Å². The summed E-state index contributed by atoms with van der Waals surface area (Å²) in [5, 5.41) is 0. The maximum absolute atomic E-state index is 13.0. The van der Waals surface area contributed by atoms with Crippen molar-refractivity contribution in [3.8, 4) is 5.75 Å². The average molecular weight is 365 g/mol. The molecule has 3 nitrogen and oxygen atoms in total. The first-order valence-electron chi connectivity index (χ1n) is 8.68. The number of halogens is 3. The van der Waals surface area contributed by atoms with Crippen LogP contribution in [0.4, 0.5) is 18.9 Å². The Morgan fingerprint density at radius 1 is 1.35 bits per heavy atom. The zero-order chi connectivity index (χ0) is 19.1. The van der Waals surface area contributed by atoms with Gasteiger partial charge < -0.3 is 9.64 Å². The first-order chi connectivity index (χ1) is 12.2. The summed E-state index contributed by atoms with van der Waals surface area (Å²) in [7, 11) is 0. The van der Waals surface area contributed by atoms with Crippen LogP contribution in [0.15, 0.2) is 42.0 Å². The summed E-state index contributed by atoms with van der Waals surface area (Å²) in [6, 6.07) is 4.34. The van der Waals surface area contributed by atoms with E-state index in [4.69, 9.17) is 0 Å². The summed E-state index contributed by atoms with van der Waals surface area (Å²) in [6.07, 6.45) is 2.78. The highest BCUT2D eigenvalue weighted by atomic mass is 19.4. The number of nitrogens with zero attached hydrogens (tertiary/aromatic N) is 1. The van der Waals surface area contributed by atoms with E-state index < -0.39 is 6.36 Å². The number of hydrogen-bond acceptors (Lipinski definition) is 2. The standard InChI is InChI=1S/C20H22F3NO2/c1-4-5-6-13(2)14(3)18(25)24-12-19(9-10-19)16-8-7-15(11-17(16)24)26-20(21,22)23/h4-8,11,14H,9-10,12H2,1-3H3/b5-4-,13-6+. The van der Waals surface area contributed by atoms with E-state index in [2.05, 4.69) is 4.74 Å². The van der Waals surface area contributed by atoms with Crippen LogP contribution in [-0.2, 0) is 10.2 Å². The van der Waals surface area contributed by atoms with E-state index in [-0.39, 0.29) is 23.0 Å². The van der Waals surface area contributed by atoms with Gasteiger partial charge in [-0.25, -0.2) is 0 Å². The summed E-state index contributed by atoms with van der Waals surface area (Å²) in [4.78, 5) is 14.7. The van der Waals surface area contributed by atoms with Gasteiger partial charge in [-0.3, -0.25) is 4.79 Å². The monoisotopic (exact) mass is 365 g/mol. The second-order valence-corrected chi connectivity index (χ2v) is 7.09. The fourth-order valence-electron chi connectivity index (χ4n) is 3.45. The maximum atomic E-state index is 13.0. The minimum atomic E-state index is -4.75. The number of alkyl halides is 3. The molecule has 1 spiro atoms. The van der Waals surface area contributed by atoms with E-state index in [1.807, 2.05) is 39.0 Å². The lowest BCUT2D eigenvalue weighted by atomic mass is 9.99. The van der Waals surface area contributed by atoms with Gasteiger partial charge in [0, 0.05) is 18.0 Å². The molecule has 1 aliphatic carbocycles. The minimum absolute atomic E-state index is 0.0948. The second kappa shape index (κ2) is 6.49. The zero-order valence-corrected chi connectivity index (χ0v) is 15.1. The van der Waals surface area contributed by atoms with Gasteiger partial charge in [-0.1, -0.05) is 29.9 Å². The van der Waals surface area contributed by atoms with Gasteiger partial charge in [-0.05, 0) is 45.2 Å². The zero-order valence-electron chi connectivity index (χ0n) is 15.1. The summed E-state index contributed by atoms with van der Waals surface area (Å²) in [5.41, 5.74) is 2.30. The highest BCUT2D eigenvalue weighted by Gasteiger charge is 2.53. The van der Waals surface area contributed by atoms with Crippen LogP contribution in [0.1, 0.15) is 39.2 Å². The maximum Gasteiger partial charge on any atom is 0.573 e. The third-order valence-corrected chi connectivity index (χ3v) is 5.25. The SMILES string of the molecule is C/C=C\C=C(/C)C(C)C(=O)N1CC2(CC2)c2ccc(OC(F)(F)F)cc21. The molecule has 1 aliphatic heterocycles. The largest absolute Gasteiger partial charge is 0.573 e. The molecule has 1 saturated carbocycles. The number of rotatable bonds is 4. The average Bonchev–Trinajstić information content (AvgIpc) is 3.27. The number of amides is 1. The van der Waals surface area contributed by atoms with Crippen molar-refractivity contribution in [3.63, 3.8) is 0 Å². The van der Waals surface area contributed by atoms with Crippen LogP contribution in [0.3, 0.4) is 0 Å². The Bertz CT molecular complexity index is 776. The van der Waals surface area contributed by atoms with Gasteiger partial charge in [0.1, 0.15) is 5.75 Å². The number of benzene rings is 1. The van der Waals surface area contributed by atoms with E-state index in [0.717, 1.165) is 24.0 Å². The van der Waals surface area contributed by atoms with Gasteiger partial charge in [0.05, 0.1) is 11.6 Å². The van der Waals surface area contributed by atoms with Crippen molar-refractivity contribution in [2.24, 2.45) is 5.92 Å². The molecule has 1 amide bonds. The fraction of sp³-hybridized carbons (Fsp3) is 0.450. The topological polar surface area (TPSA) is 29.5 Å². The molecule has 1 unspecified atom stereocenters. The van der Waals surface area contributed by atoms with Crippen molar-refractivity contribution in [2.75, 3.05) is 11.4 Å². The molecular formula is C20H22F3NO2. The molecule has 3 rings (SSSR count). The highest BCUT2D eigenvalue weighted by Crippen LogP contribution is 2.57. The number of allylic oxidation sites excluding steroid dienone is 3. The fourth-order valence-corrected chi connectivity index (χ4v) is 3.45. The molecule has 1 aromatic rings. The van der Waals surface area contributed by atoms with Crippen molar-refractivity contribution < 1.29 is 22.7 Å². The lowest BCUT2D eigenvalue weighted by molar-refractivity contribution is -0.274. The molecule has 0 bridgehead atoms. The number of carbonyl (C=O) groups is 1. The van der Waals surface area contributed by atoms with Gasteiger partial charge in [-0.15, -0.1) is 13.2 Å². The van der Waals surface area contributed by atoms with Crippen molar-refractivity contribution in [3.05, 3.63) is 47.6 Å². The van der Waals surface area contributed by atoms with Crippen molar-refractivity contribution in [2.45, 2.75) is 45.4 Å². The van der Waals surface area contributed by atoms with Crippen molar-refractivity contribution >= 4 is 11.6 Å². The summed E-state index contributed by atoms with van der Waals surface area (Å²) < 4.78 is 41.7. The summed E-state index contributed by atoms with van der Waals surface area (Å²) in [6.45, 7) is 6.13. The van der Waals surface area contributed by atoms with Gasteiger partial charge in [0.25, 0.3) is 0 Å². The normalized spacial score (nSPS) is 19.8. The van der Waals surface area contributed by atoms with Crippen LogP contribution in [0.25, 0.3) is 0 Å². The lowest BCUT2D eigenvalue weighted by Crippen LogP contribution is -2.36. The predicted molar refractivity (Wildman–Crippen MR) is 94.1 cm³/mol. The van der Waals surface area contributed by atoms with Crippen molar-refractivity contribution in [1.82, 2.24) is 0 Å². The molecule has 2 aliphatic rings.